The molecule has 9 heteroatoms. The fourth-order valence-electron chi connectivity index (χ4n) is 1.24. The summed E-state index contributed by atoms with van der Waals surface area (Å²) >= 11 is -0.472. The average molecular weight is 538 g/mol. The number of benzene rings is 2. The van der Waals surface area contributed by atoms with Crippen LogP contribution >= 0.6 is 18.8 Å². The van der Waals surface area contributed by atoms with Gasteiger partial charge in [-0.05, 0) is 24.3 Å². The van der Waals surface area contributed by atoms with Crippen molar-refractivity contribution in [2.75, 3.05) is 0 Å². The maximum atomic E-state index is 10.1. The predicted octanol–water partition coefficient (Wildman–Crippen LogP) is 4.93. The molecular formula is C14H12Cl2N2O4Pt. The van der Waals surface area contributed by atoms with E-state index in [9.17, 15) is 20.2 Å². The zero-order valence-electron chi connectivity index (χ0n) is 11.6. The van der Waals surface area contributed by atoms with Gasteiger partial charge in [0.15, 0.2) is 0 Å². The summed E-state index contributed by atoms with van der Waals surface area (Å²) in [6, 6.07) is 12.2. The molecule has 0 fully saturated rings. The molecule has 0 radical (unpaired) electrons. The number of rotatable bonds is 2. The van der Waals surface area contributed by atoms with Gasteiger partial charge in [0.25, 0.3) is 0 Å². The van der Waals surface area contributed by atoms with Crippen LogP contribution in [-0.2, 0) is 16.5 Å². The van der Waals surface area contributed by atoms with E-state index in [0.717, 1.165) is 11.1 Å². The molecule has 0 aliphatic heterocycles. The van der Waals surface area contributed by atoms with Crippen molar-refractivity contribution < 1.29 is 26.3 Å². The molecule has 23 heavy (non-hydrogen) atoms. The summed E-state index contributed by atoms with van der Waals surface area (Å²) in [4.78, 5) is 19.3. The van der Waals surface area contributed by atoms with Gasteiger partial charge in [-0.2, -0.15) is 49.2 Å². The van der Waals surface area contributed by atoms with Crippen LogP contribution in [0.1, 0.15) is 11.1 Å². The molecule has 2 aromatic rings. The van der Waals surface area contributed by atoms with Crippen molar-refractivity contribution in [2.45, 2.75) is 0 Å². The first kappa shape index (κ1) is 21.2. The van der Waals surface area contributed by atoms with Crippen LogP contribution in [-0.4, -0.2) is 9.85 Å². The van der Waals surface area contributed by atoms with E-state index in [-0.39, 0.29) is 11.4 Å². The van der Waals surface area contributed by atoms with Gasteiger partial charge in [-0.25, -0.2) is 0 Å². The summed E-state index contributed by atoms with van der Waals surface area (Å²) in [5.74, 6) is 0. The summed E-state index contributed by atoms with van der Waals surface area (Å²) in [5.41, 5.74) is 1.77. The van der Waals surface area contributed by atoms with Crippen molar-refractivity contribution in [3.63, 3.8) is 0 Å². The van der Waals surface area contributed by atoms with Crippen molar-refractivity contribution in [2.24, 2.45) is 0 Å². The van der Waals surface area contributed by atoms with Gasteiger partial charge in [-0.15, -0.1) is 0 Å². The summed E-state index contributed by atoms with van der Waals surface area (Å²) in [7, 11) is 9.75. The second-order valence-electron chi connectivity index (χ2n) is 3.89. The molecule has 0 unspecified atom stereocenters. The third-order valence-corrected chi connectivity index (χ3v) is 2.29. The van der Waals surface area contributed by atoms with Crippen LogP contribution < -0.4 is 0 Å². The van der Waals surface area contributed by atoms with Crippen molar-refractivity contribution in [3.05, 3.63) is 93.7 Å². The van der Waals surface area contributed by atoms with Crippen LogP contribution in [0.15, 0.2) is 48.5 Å². The minimum absolute atomic E-state index is 0.104. The first-order valence-electron chi connectivity index (χ1n) is 5.77. The molecule has 0 bridgehead atoms. The van der Waals surface area contributed by atoms with Gasteiger partial charge in [-0.1, -0.05) is 0 Å². The standard InChI is InChI=1S/2C7H6NO2.2ClH.Pt/c2*1-6-2-4-7(5-3-6)8(9)10;;;/h2*2-5H,1H2;2*1H;/q2*-1;;;+4/p-2. The molecule has 0 aromatic heterocycles. The normalized spacial score (nSPS) is 8.96. The number of hydrogen-bond acceptors (Lipinski definition) is 4. The molecule has 0 N–H and O–H groups in total. The quantitative estimate of drug-likeness (QED) is 0.309. The van der Waals surface area contributed by atoms with E-state index < -0.39 is 26.3 Å². The molecule has 0 amide bonds. The topological polar surface area (TPSA) is 86.3 Å². The van der Waals surface area contributed by atoms with Crippen LogP contribution in [0.2, 0.25) is 0 Å². The number of nitrogens with zero attached hydrogens (tertiary/aromatic N) is 2. The summed E-state index contributed by atoms with van der Waals surface area (Å²) in [6.07, 6.45) is 0. The summed E-state index contributed by atoms with van der Waals surface area (Å²) in [5, 5.41) is 20.2. The molecule has 0 heterocycles. The van der Waals surface area contributed by atoms with E-state index in [1.807, 2.05) is 0 Å². The van der Waals surface area contributed by atoms with Crippen molar-refractivity contribution in [1.82, 2.24) is 0 Å². The van der Waals surface area contributed by atoms with E-state index in [4.69, 9.17) is 18.8 Å². The van der Waals surface area contributed by atoms with Crippen LogP contribution in [0, 0.1) is 34.1 Å². The van der Waals surface area contributed by atoms with Crippen LogP contribution in [0.3, 0.4) is 0 Å². The monoisotopic (exact) mass is 537 g/mol. The second-order valence-corrected chi connectivity index (χ2v) is 7.18. The van der Waals surface area contributed by atoms with Crippen LogP contribution in [0.5, 0.6) is 0 Å². The Hall–Kier alpha value is -1.75. The summed E-state index contributed by atoms with van der Waals surface area (Å²) < 4.78 is 0. The second kappa shape index (κ2) is 11.8. The van der Waals surface area contributed by atoms with E-state index in [1.165, 1.54) is 24.3 Å². The number of hydrogen-bond donors (Lipinski definition) is 0. The number of nitro benzene ring substituents is 2. The molecule has 2 aromatic carbocycles. The van der Waals surface area contributed by atoms with Gasteiger partial charge in [0.1, 0.15) is 0 Å². The predicted molar refractivity (Wildman–Crippen MR) is 86.8 cm³/mol. The molecular weight excluding hydrogens is 526 g/mol. The SMILES string of the molecule is [CH2-]c1ccc([N+](=O)[O-])cc1.[CH2-]c1ccc([N+](=O)[O-])cc1.[Cl][Pt+2][Cl]. The zero-order valence-corrected chi connectivity index (χ0v) is 15.4. The summed E-state index contributed by atoms with van der Waals surface area (Å²) in [6.45, 7) is 7.20. The Bertz CT molecular complexity index is 566. The Balaban J connectivity index is 0.000000360. The third-order valence-electron chi connectivity index (χ3n) is 2.29. The molecule has 0 spiro atoms. The number of nitro groups is 2. The molecule has 0 atom stereocenters. The fourth-order valence-corrected chi connectivity index (χ4v) is 1.24. The minimum atomic E-state index is -0.472. The van der Waals surface area contributed by atoms with E-state index in [0.29, 0.717) is 0 Å². The van der Waals surface area contributed by atoms with E-state index in [1.54, 1.807) is 24.3 Å². The van der Waals surface area contributed by atoms with Gasteiger partial charge in [0.05, 0.1) is 9.85 Å². The molecule has 126 valence electrons. The van der Waals surface area contributed by atoms with Crippen molar-refractivity contribution in [1.29, 1.82) is 0 Å². The molecule has 0 saturated heterocycles. The molecule has 2 rings (SSSR count). The Morgan fingerprint density at radius 1 is 0.739 bits per heavy atom. The Labute approximate surface area is 150 Å². The Kier molecular flexibility index (Phi) is 10.9. The Morgan fingerprint density at radius 3 is 1.13 bits per heavy atom. The van der Waals surface area contributed by atoms with Crippen LogP contribution in [0.4, 0.5) is 11.4 Å². The van der Waals surface area contributed by atoms with Crippen molar-refractivity contribution >= 4 is 30.2 Å². The first-order valence-corrected chi connectivity index (χ1v) is 11.4. The van der Waals surface area contributed by atoms with Gasteiger partial charge in [0.2, 0.25) is 11.4 Å². The maximum absolute atomic E-state index is 10.1. The van der Waals surface area contributed by atoms with Crippen molar-refractivity contribution in [3.8, 4) is 0 Å². The first-order chi connectivity index (χ1) is 10.8. The Morgan fingerprint density at radius 2 is 0.957 bits per heavy atom. The van der Waals surface area contributed by atoms with Gasteiger partial charge < -0.3 is 0 Å². The van der Waals surface area contributed by atoms with Gasteiger partial charge in [-0.3, -0.25) is 20.2 Å². The fraction of sp³-hybridized carbons (Fsp3) is 0. The van der Waals surface area contributed by atoms with Gasteiger partial charge >= 0.3 is 35.3 Å². The zero-order chi connectivity index (χ0) is 17.8. The molecule has 0 aliphatic rings. The number of halogens is 2. The van der Waals surface area contributed by atoms with Gasteiger partial charge in [0, 0.05) is 0 Å². The molecule has 0 aliphatic carbocycles. The number of non-ortho nitro benzene ring substituents is 2. The molecule has 6 nitrogen and oxygen atoms in total. The molecule has 0 saturated carbocycles. The average Bonchev–Trinajstić information content (AvgIpc) is 2.49. The van der Waals surface area contributed by atoms with Crippen LogP contribution in [0.25, 0.3) is 0 Å². The van der Waals surface area contributed by atoms with E-state index in [2.05, 4.69) is 13.8 Å². The third kappa shape index (κ3) is 9.79. The van der Waals surface area contributed by atoms with E-state index >= 15 is 0 Å².